The molecule has 1 aromatic carbocycles. The fourth-order valence-electron chi connectivity index (χ4n) is 4.72. The quantitative estimate of drug-likeness (QED) is 0.626. The van der Waals surface area contributed by atoms with E-state index in [1.807, 2.05) is 0 Å². The fourth-order valence-corrected chi connectivity index (χ4v) is 6.63. The molecular weight excluding hydrogens is 419 g/mol. The van der Waals surface area contributed by atoms with Crippen LogP contribution in [-0.4, -0.2) is 37.6 Å². The van der Waals surface area contributed by atoms with Gasteiger partial charge in [-0.25, -0.2) is 12.8 Å². The fraction of sp³-hybridized carbons (Fsp3) is 0.650. The SMILES string of the molecule is CC(C)(NS(=O)(=O)c1ccc(F)cc1Cl)C(=O)N[C@H]1C(CO)CC2CCCC1C2. The van der Waals surface area contributed by atoms with Gasteiger partial charge in [-0.1, -0.05) is 24.4 Å². The Labute approximate surface area is 176 Å². The summed E-state index contributed by atoms with van der Waals surface area (Å²) in [4.78, 5) is 12.7. The lowest BCUT2D eigenvalue weighted by atomic mass is 9.65. The summed E-state index contributed by atoms with van der Waals surface area (Å²) in [5.74, 6) is -0.258. The maximum absolute atomic E-state index is 13.3. The molecule has 1 amide bonds. The average molecular weight is 447 g/mol. The molecule has 29 heavy (non-hydrogen) atoms. The Bertz CT molecular complexity index is 875. The van der Waals surface area contributed by atoms with Gasteiger partial charge >= 0.3 is 0 Å². The summed E-state index contributed by atoms with van der Waals surface area (Å²) in [7, 11) is -4.15. The summed E-state index contributed by atoms with van der Waals surface area (Å²) >= 11 is 5.89. The maximum Gasteiger partial charge on any atom is 0.243 e. The zero-order valence-corrected chi connectivity index (χ0v) is 18.2. The lowest BCUT2D eigenvalue weighted by molar-refractivity contribution is -0.128. The number of fused-ring (bicyclic) bond motifs is 2. The average Bonchev–Trinajstić information content (AvgIpc) is 2.62. The topological polar surface area (TPSA) is 95.5 Å². The van der Waals surface area contributed by atoms with Crippen LogP contribution in [0.15, 0.2) is 23.1 Å². The summed E-state index contributed by atoms with van der Waals surface area (Å²) in [6.07, 6.45) is 5.17. The largest absolute Gasteiger partial charge is 0.396 e. The molecule has 0 saturated heterocycles. The van der Waals surface area contributed by atoms with Crippen LogP contribution in [0.5, 0.6) is 0 Å². The van der Waals surface area contributed by atoms with E-state index in [9.17, 15) is 22.7 Å². The summed E-state index contributed by atoms with van der Waals surface area (Å²) in [5, 5.41) is 12.6. The molecular formula is C20H28ClFN2O4S. The van der Waals surface area contributed by atoms with Gasteiger partial charge in [-0.05, 0) is 63.1 Å². The van der Waals surface area contributed by atoms with E-state index >= 15 is 0 Å². The number of hydrogen-bond acceptors (Lipinski definition) is 4. The van der Waals surface area contributed by atoms with Crippen molar-refractivity contribution in [1.29, 1.82) is 0 Å². The van der Waals surface area contributed by atoms with Gasteiger partial charge in [-0.2, -0.15) is 4.72 Å². The van der Waals surface area contributed by atoms with Gasteiger partial charge in [0.05, 0.1) is 5.02 Å². The molecule has 3 N–H and O–H groups in total. The Kier molecular flexibility index (Phi) is 6.58. The van der Waals surface area contributed by atoms with Gasteiger partial charge in [0.25, 0.3) is 0 Å². The van der Waals surface area contributed by atoms with Crippen molar-refractivity contribution < 1.29 is 22.7 Å². The van der Waals surface area contributed by atoms with E-state index in [0.29, 0.717) is 11.8 Å². The predicted molar refractivity (Wildman–Crippen MR) is 108 cm³/mol. The monoisotopic (exact) mass is 446 g/mol. The number of amides is 1. The van der Waals surface area contributed by atoms with Crippen molar-refractivity contribution in [3.05, 3.63) is 29.0 Å². The van der Waals surface area contributed by atoms with E-state index in [-0.39, 0.29) is 28.5 Å². The molecule has 2 aliphatic carbocycles. The molecule has 3 rings (SSSR count). The Hall–Kier alpha value is -1.22. The van der Waals surface area contributed by atoms with Crippen LogP contribution >= 0.6 is 11.6 Å². The first-order valence-corrected chi connectivity index (χ1v) is 11.8. The second-order valence-corrected chi connectivity index (χ2v) is 10.8. The molecule has 0 radical (unpaired) electrons. The number of halogens is 2. The van der Waals surface area contributed by atoms with E-state index in [0.717, 1.165) is 50.3 Å². The van der Waals surface area contributed by atoms with Gasteiger partial charge in [0.15, 0.2) is 0 Å². The molecule has 162 valence electrons. The van der Waals surface area contributed by atoms with E-state index in [2.05, 4.69) is 10.0 Å². The summed E-state index contributed by atoms with van der Waals surface area (Å²) < 4.78 is 41.1. The van der Waals surface area contributed by atoms with E-state index < -0.39 is 27.3 Å². The number of benzene rings is 1. The lowest BCUT2D eigenvalue weighted by Crippen LogP contribution is -2.60. The Balaban J connectivity index is 1.75. The molecule has 0 aromatic heterocycles. The third kappa shape index (κ3) is 4.93. The Morgan fingerprint density at radius 2 is 2.03 bits per heavy atom. The van der Waals surface area contributed by atoms with Crippen molar-refractivity contribution in [1.82, 2.24) is 10.0 Å². The van der Waals surface area contributed by atoms with Gasteiger partial charge in [0, 0.05) is 18.6 Å². The van der Waals surface area contributed by atoms with Crippen molar-refractivity contribution in [2.45, 2.75) is 62.4 Å². The molecule has 6 nitrogen and oxygen atoms in total. The van der Waals surface area contributed by atoms with Crippen molar-refractivity contribution in [3.8, 4) is 0 Å². The van der Waals surface area contributed by atoms with Crippen molar-refractivity contribution in [3.63, 3.8) is 0 Å². The molecule has 1 aromatic rings. The standard InChI is InChI=1S/C20H28ClFN2O4S/c1-20(2,24-29(27,28)17-7-6-15(22)10-16(17)21)19(26)23-18-13-5-3-4-12(8-13)9-14(18)11-25/h6-7,10,12-14,18,24-25H,3-5,8-9,11H2,1-2H3,(H,23,26)/t12?,13?,14?,18-/m1/s1. The van der Waals surface area contributed by atoms with Crippen LogP contribution in [-0.2, 0) is 14.8 Å². The molecule has 0 heterocycles. The maximum atomic E-state index is 13.3. The first-order chi connectivity index (χ1) is 13.5. The van der Waals surface area contributed by atoms with Crippen LogP contribution in [0, 0.1) is 23.6 Å². The van der Waals surface area contributed by atoms with Crippen LogP contribution in [0.1, 0.15) is 46.0 Å². The highest BCUT2D eigenvalue weighted by Crippen LogP contribution is 2.42. The van der Waals surface area contributed by atoms with Crippen LogP contribution in [0.3, 0.4) is 0 Å². The van der Waals surface area contributed by atoms with Gasteiger partial charge < -0.3 is 10.4 Å². The molecule has 3 unspecified atom stereocenters. The van der Waals surface area contributed by atoms with Gasteiger partial charge in [-0.3, -0.25) is 4.79 Å². The first-order valence-electron chi connectivity index (χ1n) is 9.94. The van der Waals surface area contributed by atoms with Crippen molar-refractivity contribution in [2.75, 3.05) is 6.61 Å². The van der Waals surface area contributed by atoms with Crippen LogP contribution in [0.2, 0.25) is 5.02 Å². The summed E-state index contributed by atoms with van der Waals surface area (Å²) in [5.41, 5.74) is -1.46. The van der Waals surface area contributed by atoms with E-state index in [4.69, 9.17) is 11.6 Å². The van der Waals surface area contributed by atoms with Crippen LogP contribution in [0.25, 0.3) is 0 Å². The second-order valence-electron chi connectivity index (χ2n) is 8.78. The van der Waals surface area contributed by atoms with Crippen LogP contribution < -0.4 is 10.0 Å². The second kappa shape index (κ2) is 8.49. The third-order valence-electron chi connectivity index (χ3n) is 6.15. The van der Waals surface area contributed by atoms with Gasteiger partial charge in [-0.15, -0.1) is 0 Å². The Morgan fingerprint density at radius 3 is 2.69 bits per heavy atom. The molecule has 2 aliphatic rings. The molecule has 2 saturated carbocycles. The number of sulfonamides is 1. The third-order valence-corrected chi connectivity index (χ3v) is 8.29. The number of carbonyl (C=O) groups excluding carboxylic acids is 1. The number of rotatable bonds is 6. The number of hydrogen-bond donors (Lipinski definition) is 3. The van der Waals surface area contributed by atoms with E-state index in [1.54, 1.807) is 0 Å². The highest BCUT2D eigenvalue weighted by molar-refractivity contribution is 7.89. The number of aliphatic hydroxyl groups excluding tert-OH is 1. The number of aliphatic hydroxyl groups is 1. The highest BCUT2D eigenvalue weighted by atomic mass is 35.5. The Morgan fingerprint density at radius 1 is 1.31 bits per heavy atom. The minimum absolute atomic E-state index is 0.00467. The molecule has 9 heteroatoms. The highest BCUT2D eigenvalue weighted by Gasteiger charge is 2.43. The molecule has 0 spiro atoms. The first kappa shape index (κ1) is 22.5. The summed E-state index contributed by atoms with van der Waals surface area (Å²) in [6, 6.07) is 2.80. The summed E-state index contributed by atoms with van der Waals surface area (Å²) in [6.45, 7) is 2.94. The minimum atomic E-state index is -4.15. The van der Waals surface area contributed by atoms with Crippen molar-refractivity contribution in [2.24, 2.45) is 17.8 Å². The molecule has 2 bridgehead atoms. The molecule has 4 atom stereocenters. The lowest BCUT2D eigenvalue weighted by Gasteiger charge is -2.45. The normalized spacial score (nSPS) is 27.5. The van der Waals surface area contributed by atoms with Crippen LogP contribution in [0.4, 0.5) is 4.39 Å². The zero-order valence-electron chi connectivity index (χ0n) is 16.6. The van der Waals surface area contributed by atoms with E-state index in [1.165, 1.54) is 13.8 Å². The predicted octanol–water partition coefficient (Wildman–Crippen LogP) is 2.84. The number of carbonyl (C=O) groups is 1. The smallest absolute Gasteiger partial charge is 0.243 e. The van der Waals surface area contributed by atoms with Gasteiger partial charge in [0.2, 0.25) is 15.9 Å². The number of nitrogens with one attached hydrogen (secondary N) is 2. The minimum Gasteiger partial charge on any atom is -0.396 e. The molecule has 2 fully saturated rings. The zero-order chi connectivity index (χ0) is 21.4. The van der Waals surface area contributed by atoms with Crippen molar-refractivity contribution >= 4 is 27.5 Å². The molecule has 0 aliphatic heterocycles. The van der Waals surface area contributed by atoms with Gasteiger partial charge in [0.1, 0.15) is 16.3 Å².